The van der Waals surface area contributed by atoms with Crippen LogP contribution in [0.4, 0.5) is 5.69 Å². The van der Waals surface area contributed by atoms with Crippen molar-refractivity contribution in [1.29, 1.82) is 0 Å². The third-order valence-electron chi connectivity index (χ3n) is 5.59. The number of hydrogen-bond donors (Lipinski definition) is 3. The molecule has 1 amide bonds. The first-order chi connectivity index (χ1) is 13.1. The lowest BCUT2D eigenvalue weighted by Crippen LogP contribution is -2.45. The normalized spacial score (nSPS) is 18.1. The summed E-state index contributed by atoms with van der Waals surface area (Å²) in [6.45, 7) is 8.60. The molecule has 6 nitrogen and oxygen atoms in total. The van der Waals surface area contributed by atoms with Crippen LogP contribution in [0.3, 0.4) is 0 Å². The number of amides is 1. The molecule has 1 aliphatic rings. The maximum absolute atomic E-state index is 12.4. The van der Waals surface area contributed by atoms with Gasteiger partial charge in [0.1, 0.15) is 0 Å². The summed E-state index contributed by atoms with van der Waals surface area (Å²) in [7, 11) is 0. The summed E-state index contributed by atoms with van der Waals surface area (Å²) in [4.78, 5) is 19.0. The molecule has 1 aromatic carbocycles. The van der Waals surface area contributed by atoms with Gasteiger partial charge in [0.25, 0.3) is 0 Å². The quantitative estimate of drug-likeness (QED) is 0.459. The number of carbonyl (C=O) groups excluding carboxylic acids is 1. The van der Waals surface area contributed by atoms with Crippen molar-refractivity contribution in [2.45, 2.75) is 52.5 Å². The first-order valence-corrected chi connectivity index (χ1v) is 10.1. The van der Waals surface area contributed by atoms with Crippen molar-refractivity contribution in [3.63, 3.8) is 0 Å². The number of anilines is 1. The number of rotatable bonds is 9. The second-order valence-electron chi connectivity index (χ2n) is 7.26. The molecule has 1 unspecified atom stereocenters. The van der Waals surface area contributed by atoms with Crippen LogP contribution in [0.2, 0.25) is 0 Å². The van der Waals surface area contributed by atoms with Gasteiger partial charge >= 0.3 is 0 Å². The Kier molecular flexibility index (Phi) is 8.10. The Morgan fingerprint density at radius 1 is 1.26 bits per heavy atom. The summed E-state index contributed by atoms with van der Waals surface area (Å²) >= 11 is 0. The first kappa shape index (κ1) is 21.2. The second kappa shape index (κ2) is 10.3. The zero-order valence-electron chi connectivity index (χ0n) is 16.9. The molecule has 1 aromatic rings. The largest absolute Gasteiger partial charge is 0.396 e. The second-order valence-corrected chi connectivity index (χ2v) is 7.26. The summed E-state index contributed by atoms with van der Waals surface area (Å²) in [5, 5.41) is 16.1. The number of benzene rings is 1. The minimum Gasteiger partial charge on any atom is -0.396 e. The summed E-state index contributed by atoms with van der Waals surface area (Å²) in [5.41, 5.74) is 0.964. The lowest BCUT2D eigenvalue weighted by atomic mass is 9.79. The number of aliphatic imine (C=N–C) groups is 1. The Morgan fingerprint density at radius 3 is 2.56 bits per heavy atom. The molecule has 2 rings (SSSR count). The predicted molar refractivity (Wildman–Crippen MR) is 111 cm³/mol. The molecule has 0 aliphatic carbocycles. The van der Waals surface area contributed by atoms with Crippen molar-refractivity contribution in [1.82, 2.24) is 10.6 Å². The molecule has 0 radical (unpaired) electrons. The number of carbonyl (C=O) groups is 1. The van der Waals surface area contributed by atoms with Crippen LogP contribution >= 0.6 is 0 Å². The molecular formula is C21H34N4O2. The third-order valence-corrected chi connectivity index (χ3v) is 5.59. The SMILES string of the molecule is CCNC(=NCC(CC)(CC)CCO)NC1CC(=O)N(c2ccccc2)C1. The van der Waals surface area contributed by atoms with Crippen molar-refractivity contribution in [2.75, 3.05) is 31.1 Å². The van der Waals surface area contributed by atoms with Gasteiger partial charge in [-0.1, -0.05) is 32.0 Å². The van der Waals surface area contributed by atoms with E-state index in [9.17, 15) is 9.90 Å². The molecule has 1 fully saturated rings. The standard InChI is InChI=1S/C21H34N4O2/c1-4-21(5-2,12-13-26)16-23-20(22-6-3)24-17-14-19(27)25(15-17)18-10-8-7-9-11-18/h7-11,17,26H,4-6,12-16H2,1-3H3,(H2,22,23,24). The van der Waals surface area contributed by atoms with Gasteiger partial charge in [-0.25, -0.2) is 0 Å². The fraction of sp³-hybridized carbons (Fsp3) is 0.619. The van der Waals surface area contributed by atoms with Crippen LogP contribution in [0, 0.1) is 5.41 Å². The number of nitrogens with zero attached hydrogens (tertiary/aromatic N) is 2. The van der Waals surface area contributed by atoms with Gasteiger partial charge in [0, 0.05) is 38.3 Å². The summed E-state index contributed by atoms with van der Waals surface area (Å²) in [5.74, 6) is 0.876. The number of aliphatic hydroxyl groups excluding tert-OH is 1. The third kappa shape index (κ3) is 5.70. The van der Waals surface area contributed by atoms with Crippen molar-refractivity contribution < 1.29 is 9.90 Å². The van der Waals surface area contributed by atoms with E-state index in [2.05, 4.69) is 24.5 Å². The van der Waals surface area contributed by atoms with E-state index in [0.717, 1.165) is 37.5 Å². The number of guanidine groups is 1. The summed E-state index contributed by atoms with van der Waals surface area (Å²) in [6.07, 6.45) is 3.18. The van der Waals surface area contributed by atoms with Crippen LogP contribution in [-0.4, -0.2) is 49.3 Å². The summed E-state index contributed by atoms with van der Waals surface area (Å²) in [6, 6.07) is 9.81. The van der Waals surface area contributed by atoms with Gasteiger partial charge in [-0.05, 0) is 43.7 Å². The maximum atomic E-state index is 12.4. The van der Waals surface area contributed by atoms with Crippen molar-refractivity contribution >= 4 is 17.6 Å². The van der Waals surface area contributed by atoms with Gasteiger partial charge in [-0.3, -0.25) is 9.79 Å². The highest BCUT2D eigenvalue weighted by atomic mass is 16.3. The van der Waals surface area contributed by atoms with E-state index in [1.54, 1.807) is 0 Å². The van der Waals surface area contributed by atoms with Gasteiger partial charge in [0.2, 0.25) is 5.91 Å². The molecule has 3 N–H and O–H groups in total. The predicted octanol–water partition coefficient (Wildman–Crippen LogP) is 2.54. The van der Waals surface area contributed by atoms with E-state index in [-0.39, 0.29) is 24.0 Å². The molecule has 1 aliphatic heterocycles. The number of nitrogens with one attached hydrogen (secondary N) is 2. The first-order valence-electron chi connectivity index (χ1n) is 10.1. The van der Waals surface area contributed by atoms with Crippen molar-refractivity contribution in [2.24, 2.45) is 10.4 Å². The lowest BCUT2D eigenvalue weighted by molar-refractivity contribution is -0.117. The molecular weight excluding hydrogens is 340 g/mol. The van der Waals surface area contributed by atoms with Gasteiger partial charge in [-0.15, -0.1) is 0 Å². The highest BCUT2D eigenvalue weighted by molar-refractivity contribution is 5.97. The van der Waals surface area contributed by atoms with Crippen LogP contribution in [-0.2, 0) is 4.79 Å². The van der Waals surface area contributed by atoms with Gasteiger partial charge < -0.3 is 20.6 Å². The van der Waals surface area contributed by atoms with E-state index in [1.807, 2.05) is 42.2 Å². The van der Waals surface area contributed by atoms with Crippen LogP contribution in [0.25, 0.3) is 0 Å². The maximum Gasteiger partial charge on any atom is 0.229 e. The molecule has 0 bridgehead atoms. The van der Waals surface area contributed by atoms with Crippen LogP contribution < -0.4 is 15.5 Å². The van der Waals surface area contributed by atoms with E-state index in [4.69, 9.17) is 4.99 Å². The Balaban J connectivity index is 2.04. The monoisotopic (exact) mass is 374 g/mol. The number of aliphatic hydroxyl groups is 1. The summed E-state index contributed by atoms with van der Waals surface area (Å²) < 4.78 is 0. The van der Waals surface area contributed by atoms with E-state index >= 15 is 0 Å². The Morgan fingerprint density at radius 2 is 1.96 bits per heavy atom. The average molecular weight is 375 g/mol. The zero-order chi connectivity index (χ0) is 19.7. The Hall–Kier alpha value is -2.08. The molecule has 1 saturated heterocycles. The molecule has 0 saturated carbocycles. The zero-order valence-corrected chi connectivity index (χ0v) is 16.9. The van der Waals surface area contributed by atoms with Crippen LogP contribution in [0.15, 0.2) is 35.3 Å². The fourth-order valence-electron chi connectivity index (χ4n) is 3.57. The average Bonchev–Trinajstić information content (AvgIpc) is 3.06. The van der Waals surface area contributed by atoms with Gasteiger partial charge in [-0.2, -0.15) is 0 Å². The van der Waals surface area contributed by atoms with E-state index in [1.165, 1.54) is 0 Å². The lowest BCUT2D eigenvalue weighted by Gasteiger charge is -2.29. The minimum absolute atomic E-state index is 0.0265. The number of para-hydroxylation sites is 1. The van der Waals surface area contributed by atoms with Crippen LogP contribution in [0.1, 0.15) is 46.5 Å². The molecule has 150 valence electrons. The van der Waals surface area contributed by atoms with Crippen molar-refractivity contribution in [3.8, 4) is 0 Å². The molecule has 0 aromatic heterocycles. The van der Waals surface area contributed by atoms with E-state index < -0.39 is 0 Å². The molecule has 0 spiro atoms. The minimum atomic E-state index is 0.0265. The van der Waals surface area contributed by atoms with Gasteiger partial charge in [0.05, 0.1) is 6.04 Å². The van der Waals surface area contributed by atoms with Crippen LogP contribution in [0.5, 0.6) is 0 Å². The highest BCUT2D eigenvalue weighted by Crippen LogP contribution is 2.30. The molecule has 1 heterocycles. The topological polar surface area (TPSA) is 77.0 Å². The fourth-order valence-corrected chi connectivity index (χ4v) is 3.57. The smallest absolute Gasteiger partial charge is 0.229 e. The molecule has 1 atom stereocenters. The van der Waals surface area contributed by atoms with E-state index in [0.29, 0.717) is 19.5 Å². The Labute approximate surface area is 163 Å². The van der Waals surface area contributed by atoms with Gasteiger partial charge in [0.15, 0.2) is 5.96 Å². The van der Waals surface area contributed by atoms with Crippen molar-refractivity contribution in [3.05, 3.63) is 30.3 Å². The Bertz CT molecular complexity index is 614. The molecule has 27 heavy (non-hydrogen) atoms. The highest BCUT2D eigenvalue weighted by Gasteiger charge is 2.31. The number of hydrogen-bond acceptors (Lipinski definition) is 3. The molecule has 6 heteroatoms.